The fraction of sp³-hybridized carbons (Fsp3) is 0.538. The van der Waals surface area contributed by atoms with E-state index >= 15 is 0 Å². The molecule has 1 aromatic rings. The van der Waals surface area contributed by atoms with Gasteiger partial charge in [-0.15, -0.1) is 0 Å². The van der Waals surface area contributed by atoms with Crippen molar-refractivity contribution >= 4 is 5.69 Å². The standard InChI is InChI=1S/C13H19N3/c14-11-3-1-2-10(6-11)4-5-16-9-12-7-13(16)8-15-12/h1-3,6,12-13,15H,4-5,7-9,14H2. The molecule has 0 spiro atoms. The Morgan fingerprint density at radius 3 is 3.06 bits per heavy atom. The van der Waals surface area contributed by atoms with Gasteiger partial charge in [-0.3, -0.25) is 4.90 Å². The first-order chi connectivity index (χ1) is 7.81. The molecule has 0 aliphatic carbocycles. The fourth-order valence-electron chi connectivity index (χ4n) is 2.94. The van der Waals surface area contributed by atoms with Crippen LogP contribution in [0, 0.1) is 0 Å². The van der Waals surface area contributed by atoms with E-state index in [-0.39, 0.29) is 0 Å². The number of nitrogen functional groups attached to an aromatic ring is 1. The van der Waals surface area contributed by atoms with E-state index in [0.717, 1.165) is 24.2 Å². The third kappa shape index (κ3) is 1.93. The van der Waals surface area contributed by atoms with Gasteiger partial charge in [-0.2, -0.15) is 0 Å². The highest BCUT2D eigenvalue weighted by atomic mass is 15.3. The van der Waals surface area contributed by atoms with Gasteiger partial charge in [-0.1, -0.05) is 12.1 Å². The van der Waals surface area contributed by atoms with Crippen LogP contribution in [0.3, 0.4) is 0 Å². The number of benzene rings is 1. The number of likely N-dealkylation sites (tertiary alicyclic amines) is 1. The molecule has 3 rings (SSSR count). The Morgan fingerprint density at radius 1 is 1.44 bits per heavy atom. The van der Waals surface area contributed by atoms with E-state index in [1.165, 1.54) is 31.6 Å². The van der Waals surface area contributed by atoms with Crippen LogP contribution in [-0.2, 0) is 6.42 Å². The normalized spacial score (nSPS) is 28.8. The molecule has 0 saturated carbocycles. The third-order valence-electron chi connectivity index (χ3n) is 3.81. The number of nitrogens with zero attached hydrogens (tertiary/aromatic N) is 1. The highest BCUT2D eigenvalue weighted by molar-refractivity contribution is 5.40. The number of hydrogen-bond acceptors (Lipinski definition) is 3. The average Bonchev–Trinajstić information content (AvgIpc) is 2.88. The number of anilines is 1. The van der Waals surface area contributed by atoms with Crippen molar-refractivity contribution < 1.29 is 0 Å². The van der Waals surface area contributed by atoms with Gasteiger partial charge in [0.1, 0.15) is 0 Å². The maximum atomic E-state index is 5.78. The molecule has 2 saturated heterocycles. The summed E-state index contributed by atoms with van der Waals surface area (Å²) in [5.74, 6) is 0. The van der Waals surface area contributed by atoms with E-state index in [9.17, 15) is 0 Å². The first-order valence-corrected chi connectivity index (χ1v) is 6.13. The molecular weight excluding hydrogens is 198 g/mol. The van der Waals surface area contributed by atoms with Gasteiger partial charge >= 0.3 is 0 Å². The zero-order valence-corrected chi connectivity index (χ0v) is 9.52. The lowest BCUT2D eigenvalue weighted by atomic mass is 10.1. The Labute approximate surface area is 96.6 Å². The third-order valence-corrected chi connectivity index (χ3v) is 3.81. The monoisotopic (exact) mass is 217 g/mol. The zero-order chi connectivity index (χ0) is 11.0. The summed E-state index contributed by atoms with van der Waals surface area (Å²) < 4.78 is 0. The molecule has 2 atom stereocenters. The van der Waals surface area contributed by atoms with Gasteiger partial charge in [0.25, 0.3) is 0 Å². The zero-order valence-electron chi connectivity index (χ0n) is 9.52. The number of rotatable bonds is 3. The lowest BCUT2D eigenvalue weighted by Gasteiger charge is -2.27. The Kier molecular flexibility index (Phi) is 2.58. The smallest absolute Gasteiger partial charge is 0.0316 e. The van der Waals surface area contributed by atoms with Gasteiger partial charge < -0.3 is 11.1 Å². The summed E-state index contributed by atoms with van der Waals surface area (Å²) in [4.78, 5) is 2.62. The second-order valence-electron chi connectivity index (χ2n) is 4.98. The second kappa shape index (κ2) is 4.07. The summed E-state index contributed by atoms with van der Waals surface area (Å²) >= 11 is 0. The van der Waals surface area contributed by atoms with Crippen LogP contribution in [0.2, 0.25) is 0 Å². The maximum Gasteiger partial charge on any atom is 0.0316 e. The van der Waals surface area contributed by atoms with Crippen molar-refractivity contribution in [2.45, 2.75) is 24.9 Å². The molecule has 0 radical (unpaired) electrons. The van der Waals surface area contributed by atoms with Crippen LogP contribution in [-0.4, -0.2) is 36.6 Å². The topological polar surface area (TPSA) is 41.3 Å². The van der Waals surface area contributed by atoms with Crippen LogP contribution in [0.15, 0.2) is 24.3 Å². The number of piperazine rings is 1. The molecular formula is C13H19N3. The van der Waals surface area contributed by atoms with E-state index in [0.29, 0.717) is 0 Å². The molecule has 0 aromatic heterocycles. The first kappa shape index (κ1) is 10.1. The predicted molar refractivity (Wildman–Crippen MR) is 66.3 cm³/mol. The number of nitrogens with two attached hydrogens (primary N) is 1. The fourth-order valence-corrected chi connectivity index (χ4v) is 2.94. The Balaban J connectivity index is 1.57. The predicted octanol–water partition coefficient (Wildman–Crippen LogP) is 0.857. The van der Waals surface area contributed by atoms with Crippen LogP contribution < -0.4 is 11.1 Å². The first-order valence-electron chi connectivity index (χ1n) is 6.13. The molecule has 2 aliphatic heterocycles. The van der Waals surface area contributed by atoms with E-state index in [1.807, 2.05) is 12.1 Å². The molecule has 2 fully saturated rings. The SMILES string of the molecule is Nc1cccc(CCN2CC3CC2CN3)c1. The Morgan fingerprint density at radius 2 is 2.38 bits per heavy atom. The van der Waals surface area contributed by atoms with Crippen LogP contribution in [0.4, 0.5) is 5.69 Å². The van der Waals surface area contributed by atoms with Gasteiger partial charge in [0, 0.05) is 37.4 Å². The molecule has 3 N–H and O–H groups in total. The van der Waals surface area contributed by atoms with Gasteiger partial charge in [-0.05, 0) is 30.5 Å². The molecule has 2 bridgehead atoms. The molecule has 0 amide bonds. The van der Waals surface area contributed by atoms with Gasteiger partial charge in [-0.25, -0.2) is 0 Å². The van der Waals surface area contributed by atoms with Crippen molar-refractivity contribution in [3.63, 3.8) is 0 Å². The van der Waals surface area contributed by atoms with Crippen LogP contribution >= 0.6 is 0 Å². The molecule has 3 heteroatoms. The van der Waals surface area contributed by atoms with E-state index in [1.54, 1.807) is 0 Å². The van der Waals surface area contributed by atoms with Crippen molar-refractivity contribution in [3.05, 3.63) is 29.8 Å². The summed E-state index contributed by atoms with van der Waals surface area (Å²) in [5, 5.41) is 3.53. The quantitative estimate of drug-likeness (QED) is 0.738. The summed E-state index contributed by atoms with van der Waals surface area (Å²) in [6.45, 7) is 3.58. The minimum Gasteiger partial charge on any atom is -0.399 e. The molecule has 86 valence electrons. The molecule has 2 unspecified atom stereocenters. The Bertz CT molecular complexity index is 377. The van der Waals surface area contributed by atoms with Gasteiger partial charge in [0.2, 0.25) is 0 Å². The van der Waals surface area contributed by atoms with Crippen molar-refractivity contribution in [1.82, 2.24) is 10.2 Å². The van der Waals surface area contributed by atoms with Crippen molar-refractivity contribution in [1.29, 1.82) is 0 Å². The largest absolute Gasteiger partial charge is 0.399 e. The lowest BCUT2D eigenvalue weighted by Crippen LogP contribution is -2.44. The molecule has 1 aromatic carbocycles. The van der Waals surface area contributed by atoms with Crippen LogP contribution in [0.1, 0.15) is 12.0 Å². The number of nitrogens with one attached hydrogen (secondary N) is 1. The summed E-state index contributed by atoms with van der Waals surface area (Å²) in [5.41, 5.74) is 8.01. The highest BCUT2D eigenvalue weighted by Crippen LogP contribution is 2.23. The van der Waals surface area contributed by atoms with Crippen molar-refractivity contribution in [2.75, 3.05) is 25.4 Å². The minimum atomic E-state index is 0.755. The summed E-state index contributed by atoms with van der Waals surface area (Å²) in [7, 11) is 0. The van der Waals surface area contributed by atoms with Crippen LogP contribution in [0.5, 0.6) is 0 Å². The van der Waals surface area contributed by atoms with Crippen molar-refractivity contribution in [2.24, 2.45) is 0 Å². The summed E-state index contributed by atoms with van der Waals surface area (Å²) in [6.07, 6.45) is 2.46. The Hall–Kier alpha value is -1.06. The van der Waals surface area contributed by atoms with E-state index in [2.05, 4.69) is 22.3 Å². The number of fused-ring (bicyclic) bond motifs is 2. The molecule has 3 nitrogen and oxygen atoms in total. The maximum absolute atomic E-state index is 5.78. The minimum absolute atomic E-state index is 0.755. The number of hydrogen-bond donors (Lipinski definition) is 2. The van der Waals surface area contributed by atoms with Gasteiger partial charge in [0.05, 0.1) is 0 Å². The van der Waals surface area contributed by atoms with Crippen molar-refractivity contribution in [3.8, 4) is 0 Å². The van der Waals surface area contributed by atoms with Gasteiger partial charge in [0.15, 0.2) is 0 Å². The van der Waals surface area contributed by atoms with E-state index < -0.39 is 0 Å². The lowest BCUT2D eigenvalue weighted by molar-refractivity contribution is 0.229. The molecule has 16 heavy (non-hydrogen) atoms. The summed E-state index contributed by atoms with van der Waals surface area (Å²) in [6, 6.07) is 9.79. The molecule has 2 heterocycles. The average molecular weight is 217 g/mol. The van der Waals surface area contributed by atoms with Crippen LogP contribution in [0.25, 0.3) is 0 Å². The van der Waals surface area contributed by atoms with E-state index in [4.69, 9.17) is 5.73 Å². The highest BCUT2D eigenvalue weighted by Gasteiger charge is 2.36. The molecule has 2 aliphatic rings. The second-order valence-corrected chi connectivity index (χ2v) is 4.98.